The molecule has 1 amide bonds. The summed E-state index contributed by atoms with van der Waals surface area (Å²) in [6.45, 7) is 1.63. The van der Waals surface area contributed by atoms with E-state index >= 15 is 0 Å². The zero-order valence-corrected chi connectivity index (χ0v) is 19.3. The molecule has 0 aliphatic carbocycles. The van der Waals surface area contributed by atoms with Gasteiger partial charge in [-0.25, -0.2) is 20.4 Å². The van der Waals surface area contributed by atoms with E-state index in [1.807, 2.05) is 16.7 Å². The van der Waals surface area contributed by atoms with Crippen molar-refractivity contribution in [1.82, 2.24) is 25.0 Å². The molecule has 0 radical (unpaired) electrons. The van der Waals surface area contributed by atoms with Gasteiger partial charge in [0.2, 0.25) is 12.7 Å². The first-order valence-electron chi connectivity index (χ1n) is 9.81. The van der Waals surface area contributed by atoms with Crippen molar-refractivity contribution >= 4 is 50.6 Å². The highest BCUT2D eigenvalue weighted by Gasteiger charge is 2.20. The van der Waals surface area contributed by atoms with Crippen LogP contribution in [-0.4, -0.2) is 50.6 Å². The number of nitrogens with one attached hydrogen (secondary N) is 1. The number of unbranched alkanes of at least 4 members (excludes halogenated alkanes) is 1. The summed E-state index contributed by atoms with van der Waals surface area (Å²) >= 11 is 5.02. The molecular weight excluding hydrogens is 504 g/mol. The molecule has 4 N–H and O–H groups in total. The van der Waals surface area contributed by atoms with Crippen LogP contribution in [0.1, 0.15) is 19.3 Å². The zero-order chi connectivity index (χ0) is 22.5. The SMILES string of the molecule is Nc1ncnc2c1nc(Sc1cc3c(cc1Br)OCO3)n2CCOCCCCC(=O)NO. The lowest BCUT2D eigenvalue weighted by atomic mass is 10.2. The summed E-state index contributed by atoms with van der Waals surface area (Å²) in [4.78, 5) is 25.0. The van der Waals surface area contributed by atoms with E-state index < -0.39 is 5.91 Å². The van der Waals surface area contributed by atoms with Crippen LogP contribution in [0.5, 0.6) is 11.5 Å². The Morgan fingerprint density at radius 1 is 1.28 bits per heavy atom. The molecule has 0 atom stereocenters. The second-order valence-electron chi connectivity index (χ2n) is 6.82. The average molecular weight is 525 g/mol. The molecular formula is C19H21BrN6O5S. The molecule has 0 saturated carbocycles. The van der Waals surface area contributed by atoms with E-state index in [4.69, 9.17) is 25.2 Å². The normalized spacial score (nSPS) is 12.4. The number of aromatic nitrogens is 4. The molecule has 0 fully saturated rings. The number of amides is 1. The van der Waals surface area contributed by atoms with Gasteiger partial charge >= 0.3 is 0 Å². The van der Waals surface area contributed by atoms with Crippen LogP contribution in [0.15, 0.2) is 33.0 Å². The lowest BCUT2D eigenvalue weighted by Gasteiger charge is -2.10. The number of carbonyl (C=O) groups excluding carboxylic acids is 1. The van der Waals surface area contributed by atoms with Crippen molar-refractivity contribution in [3.8, 4) is 11.5 Å². The van der Waals surface area contributed by atoms with Gasteiger partial charge in [0.15, 0.2) is 33.6 Å². The van der Waals surface area contributed by atoms with Gasteiger partial charge in [-0.3, -0.25) is 10.0 Å². The number of nitrogens with zero attached hydrogens (tertiary/aromatic N) is 4. The van der Waals surface area contributed by atoms with Crippen molar-refractivity contribution in [3.05, 3.63) is 22.9 Å². The molecule has 3 aromatic rings. The molecule has 1 aromatic carbocycles. The van der Waals surface area contributed by atoms with Crippen molar-refractivity contribution < 1.29 is 24.2 Å². The maximum Gasteiger partial charge on any atom is 0.243 e. The van der Waals surface area contributed by atoms with Crippen molar-refractivity contribution in [2.75, 3.05) is 25.7 Å². The van der Waals surface area contributed by atoms with Crippen LogP contribution in [0.4, 0.5) is 5.82 Å². The molecule has 3 heterocycles. The molecule has 1 aliphatic heterocycles. The smallest absolute Gasteiger partial charge is 0.243 e. The molecule has 32 heavy (non-hydrogen) atoms. The molecule has 0 spiro atoms. The molecule has 1 aliphatic rings. The lowest BCUT2D eigenvalue weighted by molar-refractivity contribution is -0.129. The number of hydrogen-bond acceptors (Lipinski definition) is 10. The number of benzene rings is 1. The monoisotopic (exact) mass is 524 g/mol. The van der Waals surface area contributed by atoms with Gasteiger partial charge in [-0.2, -0.15) is 0 Å². The third-order valence-corrected chi connectivity index (χ3v) is 6.65. The van der Waals surface area contributed by atoms with E-state index in [0.717, 1.165) is 9.37 Å². The molecule has 0 unspecified atom stereocenters. The number of hydroxylamine groups is 1. The van der Waals surface area contributed by atoms with Crippen LogP contribution in [0.3, 0.4) is 0 Å². The fourth-order valence-corrected chi connectivity index (χ4v) is 4.60. The van der Waals surface area contributed by atoms with E-state index in [2.05, 4.69) is 30.9 Å². The van der Waals surface area contributed by atoms with Crippen LogP contribution >= 0.6 is 27.7 Å². The Morgan fingerprint density at radius 2 is 2.09 bits per heavy atom. The Morgan fingerprint density at radius 3 is 2.91 bits per heavy atom. The lowest BCUT2D eigenvalue weighted by Crippen LogP contribution is -2.18. The Balaban J connectivity index is 1.46. The number of nitrogens with two attached hydrogens (primary N) is 1. The van der Waals surface area contributed by atoms with Gasteiger partial charge in [0.1, 0.15) is 6.33 Å². The number of nitrogen functional groups attached to an aromatic ring is 1. The second-order valence-corrected chi connectivity index (χ2v) is 8.68. The summed E-state index contributed by atoms with van der Waals surface area (Å²) in [5.41, 5.74) is 8.79. The highest BCUT2D eigenvalue weighted by atomic mass is 79.9. The summed E-state index contributed by atoms with van der Waals surface area (Å²) in [6, 6.07) is 3.76. The molecule has 170 valence electrons. The first-order valence-corrected chi connectivity index (χ1v) is 11.4. The predicted octanol–water partition coefficient (Wildman–Crippen LogP) is 2.74. The maximum absolute atomic E-state index is 11.0. The number of anilines is 1. The Labute approximate surface area is 195 Å². The third-order valence-electron chi connectivity index (χ3n) is 4.68. The third kappa shape index (κ3) is 5.06. The fraction of sp³-hybridized carbons (Fsp3) is 0.368. The molecule has 0 saturated heterocycles. The minimum absolute atomic E-state index is 0.197. The number of imidazole rings is 1. The molecule has 13 heteroatoms. The summed E-state index contributed by atoms with van der Waals surface area (Å²) < 4.78 is 19.4. The Kier molecular flexibility index (Phi) is 7.29. The largest absolute Gasteiger partial charge is 0.454 e. The van der Waals surface area contributed by atoms with Crippen LogP contribution in [0.25, 0.3) is 11.2 Å². The highest BCUT2D eigenvalue weighted by Crippen LogP contribution is 2.43. The number of ether oxygens (including phenoxy) is 3. The maximum atomic E-state index is 11.0. The summed E-state index contributed by atoms with van der Waals surface area (Å²) in [5.74, 6) is 1.28. The highest BCUT2D eigenvalue weighted by molar-refractivity contribution is 9.10. The quantitative estimate of drug-likeness (QED) is 0.205. The minimum Gasteiger partial charge on any atom is -0.454 e. The van der Waals surface area contributed by atoms with Crippen LogP contribution in [-0.2, 0) is 16.1 Å². The van der Waals surface area contributed by atoms with Gasteiger partial charge < -0.3 is 24.5 Å². The van der Waals surface area contributed by atoms with E-state index in [-0.39, 0.29) is 13.2 Å². The summed E-state index contributed by atoms with van der Waals surface area (Å²) in [6.07, 6.45) is 3.00. The van der Waals surface area contributed by atoms with Gasteiger partial charge in [-0.05, 0) is 40.9 Å². The van der Waals surface area contributed by atoms with Gasteiger partial charge in [-0.15, -0.1) is 0 Å². The molecule has 2 aromatic heterocycles. The van der Waals surface area contributed by atoms with E-state index in [9.17, 15) is 4.79 Å². The van der Waals surface area contributed by atoms with Gasteiger partial charge in [0.25, 0.3) is 0 Å². The van der Waals surface area contributed by atoms with Crippen molar-refractivity contribution in [2.24, 2.45) is 0 Å². The predicted molar refractivity (Wildman–Crippen MR) is 119 cm³/mol. The van der Waals surface area contributed by atoms with E-state index in [0.29, 0.717) is 66.2 Å². The van der Waals surface area contributed by atoms with Gasteiger partial charge in [-0.1, -0.05) is 11.8 Å². The Hall–Kier alpha value is -2.61. The number of carbonyl (C=O) groups is 1. The summed E-state index contributed by atoms with van der Waals surface area (Å²) in [7, 11) is 0. The first kappa shape index (κ1) is 22.6. The van der Waals surface area contributed by atoms with Crippen molar-refractivity contribution in [1.29, 1.82) is 0 Å². The van der Waals surface area contributed by atoms with Crippen molar-refractivity contribution in [3.63, 3.8) is 0 Å². The fourth-order valence-electron chi connectivity index (χ4n) is 3.09. The number of hydrogen-bond donors (Lipinski definition) is 3. The van der Waals surface area contributed by atoms with Crippen LogP contribution < -0.4 is 20.7 Å². The Bertz CT molecular complexity index is 1130. The van der Waals surface area contributed by atoms with Crippen LogP contribution in [0, 0.1) is 0 Å². The first-order chi connectivity index (χ1) is 15.6. The molecule has 4 rings (SSSR count). The number of halogens is 1. The number of fused-ring (bicyclic) bond motifs is 2. The van der Waals surface area contributed by atoms with Crippen molar-refractivity contribution in [2.45, 2.75) is 35.9 Å². The van der Waals surface area contributed by atoms with Gasteiger partial charge in [0, 0.05) is 22.4 Å². The topological polar surface area (TPSA) is 147 Å². The molecule has 11 nitrogen and oxygen atoms in total. The minimum atomic E-state index is -0.400. The van der Waals surface area contributed by atoms with E-state index in [1.165, 1.54) is 18.1 Å². The van der Waals surface area contributed by atoms with Gasteiger partial charge in [0.05, 0.1) is 13.2 Å². The van der Waals surface area contributed by atoms with E-state index in [1.54, 1.807) is 5.48 Å². The molecule has 0 bridgehead atoms. The number of rotatable bonds is 10. The second kappa shape index (κ2) is 10.3. The summed E-state index contributed by atoms with van der Waals surface area (Å²) in [5, 5.41) is 9.19. The zero-order valence-electron chi connectivity index (χ0n) is 16.9. The van der Waals surface area contributed by atoms with Crippen LogP contribution in [0.2, 0.25) is 0 Å². The average Bonchev–Trinajstić information content (AvgIpc) is 3.38. The standard InChI is InChI=1S/C19H21BrN6O5S/c20-11-7-12-13(31-10-30-12)8-14(11)32-19-24-16-17(21)22-9-23-18(16)26(19)4-6-29-5-2-1-3-15(27)25-28/h7-9,28H,1-6,10H2,(H,25,27)(H2,21,22,23).